The topological polar surface area (TPSA) is 35.2 Å². The Morgan fingerprint density at radius 3 is 2.38 bits per heavy atom. The number of nitrogens with two attached hydrogens (primary N) is 1. The Labute approximate surface area is 96.8 Å². The molecule has 0 spiro atoms. The summed E-state index contributed by atoms with van der Waals surface area (Å²) in [6, 6.07) is 8.85. The van der Waals surface area contributed by atoms with E-state index in [0.29, 0.717) is 12.0 Å². The number of hydrogen-bond acceptors (Lipinski definition) is 2. The Morgan fingerprint density at radius 1 is 1.12 bits per heavy atom. The van der Waals surface area contributed by atoms with E-state index in [9.17, 15) is 0 Å². The van der Waals surface area contributed by atoms with Crippen LogP contribution in [0.4, 0.5) is 0 Å². The van der Waals surface area contributed by atoms with Gasteiger partial charge in [-0.15, -0.1) is 0 Å². The van der Waals surface area contributed by atoms with Gasteiger partial charge in [-0.3, -0.25) is 0 Å². The highest BCUT2D eigenvalue weighted by Crippen LogP contribution is 2.52. The molecule has 16 heavy (non-hydrogen) atoms. The lowest BCUT2D eigenvalue weighted by atomic mass is 9.80. The molecule has 0 heterocycles. The van der Waals surface area contributed by atoms with Gasteiger partial charge in [0.05, 0.1) is 7.11 Å². The number of fused-ring (bicyclic) bond motifs is 2. The zero-order valence-corrected chi connectivity index (χ0v) is 9.73. The van der Waals surface area contributed by atoms with Gasteiger partial charge >= 0.3 is 0 Å². The van der Waals surface area contributed by atoms with Crippen LogP contribution < -0.4 is 10.5 Å². The molecule has 2 saturated carbocycles. The first kappa shape index (κ1) is 10.2. The average Bonchev–Trinajstić information content (AvgIpc) is 2.90. The predicted octanol–water partition coefficient (Wildman–Crippen LogP) is 2.54. The second kappa shape index (κ2) is 3.77. The monoisotopic (exact) mass is 217 g/mol. The van der Waals surface area contributed by atoms with E-state index in [2.05, 4.69) is 12.1 Å². The molecule has 1 aromatic carbocycles. The Balaban J connectivity index is 1.86. The molecule has 2 bridgehead atoms. The van der Waals surface area contributed by atoms with Crippen LogP contribution in [0.3, 0.4) is 0 Å². The van der Waals surface area contributed by atoms with E-state index in [4.69, 9.17) is 10.5 Å². The summed E-state index contributed by atoms with van der Waals surface area (Å²) in [6.07, 6.45) is 4.06. The minimum absolute atomic E-state index is 0.382. The van der Waals surface area contributed by atoms with Gasteiger partial charge in [0.15, 0.2) is 0 Å². The Morgan fingerprint density at radius 2 is 1.81 bits per heavy atom. The van der Waals surface area contributed by atoms with Gasteiger partial charge < -0.3 is 10.5 Å². The lowest BCUT2D eigenvalue weighted by Crippen LogP contribution is -2.33. The maximum atomic E-state index is 6.34. The molecule has 0 aromatic heterocycles. The van der Waals surface area contributed by atoms with E-state index in [-0.39, 0.29) is 0 Å². The largest absolute Gasteiger partial charge is 0.497 e. The first-order valence-corrected chi connectivity index (χ1v) is 6.19. The third-order valence-corrected chi connectivity index (χ3v) is 4.48. The third-order valence-electron chi connectivity index (χ3n) is 4.48. The fourth-order valence-corrected chi connectivity index (χ4v) is 3.66. The summed E-state index contributed by atoms with van der Waals surface area (Å²) in [5.41, 5.74) is 7.74. The highest BCUT2D eigenvalue weighted by Gasteiger charge is 2.46. The van der Waals surface area contributed by atoms with Gasteiger partial charge in [-0.25, -0.2) is 0 Å². The molecule has 0 radical (unpaired) electrons. The van der Waals surface area contributed by atoms with Crippen LogP contribution in [0.2, 0.25) is 0 Å². The summed E-state index contributed by atoms with van der Waals surface area (Å²) >= 11 is 0. The van der Waals surface area contributed by atoms with Crippen molar-refractivity contribution in [3.05, 3.63) is 29.8 Å². The van der Waals surface area contributed by atoms with Crippen molar-refractivity contribution in [3.63, 3.8) is 0 Å². The lowest BCUT2D eigenvalue weighted by Gasteiger charge is -2.28. The van der Waals surface area contributed by atoms with E-state index in [0.717, 1.165) is 17.6 Å². The van der Waals surface area contributed by atoms with Crippen LogP contribution in [0, 0.1) is 11.8 Å². The van der Waals surface area contributed by atoms with Crippen LogP contribution in [0.1, 0.15) is 30.7 Å². The molecule has 2 nitrogen and oxygen atoms in total. The molecular formula is C14H19NO. The number of benzene rings is 1. The molecule has 3 rings (SSSR count). The number of rotatable bonds is 2. The van der Waals surface area contributed by atoms with Gasteiger partial charge in [-0.05, 0) is 48.8 Å². The van der Waals surface area contributed by atoms with Gasteiger partial charge in [0.25, 0.3) is 0 Å². The minimum Gasteiger partial charge on any atom is -0.497 e. The van der Waals surface area contributed by atoms with Crippen LogP contribution in [-0.2, 0) is 0 Å². The Hall–Kier alpha value is -1.02. The second-order valence-corrected chi connectivity index (χ2v) is 5.21. The summed E-state index contributed by atoms with van der Waals surface area (Å²) in [7, 11) is 1.71. The standard InChI is InChI=1S/C14H19NO/c1-16-12-6-4-9(5-7-12)13-10-2-3-11(8-10)14(13)15/h4-7,10-11,13-14H,2-3,8,15H2,1H3/t10-,11-,13+,14-/m0/s1. The van der Waals surface area contributed by atoms with Crippen LogP contribution >= 0.6 is 0 Å². The van der Waals surface area contributed by atoms with Crippen molar-refractivity contribution in [1.82, 2.24) is 0 Å². The molecule has 0 aliphatic heterocycles. The molecule has 2 N–H and O–H groups in total. The van der Waals surface area contributed by atoms with E-state index in [1.54, 1.807) is 7.11 Å². The molecule has 2 fully saturated rings. The molecule has 0 saturated heterocycles. The maximum absolute atomic E-state index is 6.34. The molecule has 1 aromatic rings. The van der Waals surface area contributed by atoms with Gasteiger partial charge in [0.1, 0.15) is 5.75 Å². The quantitative estimate of drug-likeness (QED) is 0.826. The van der Waals surface area contributed by atoms with Crippen molar-refractivity contribution in [2.45, 2.75) is 31.2 Å². The maximum Gasteiger partial charge on any atom is 0.118 e. The molecule has 2 aliphatic rings. The van der Waals surface area contributed by atoms with E-state index in [1.807, 2.05) is 12.1 Å². The van der Waals surface area contributed by atoms with Crippen molar-refractivity contribution >= 4 is 0 Å². The summed E-state index contributed by atoms with van der Waals surface area (Å²) in [5, 5.41) is 0. The number of methoxy groups -OCH3 is 1. The molecule has 0 amide bonds. The smallest absolute Gasteiger partial charge is 0.118 e. The first-order valence-electron chi connectivity index (χ1n) is 6.19. The summed E-state index contributed by atoms with van der Waals surface area (Å²) in [5.74, 6) is 3.12. The second-order valence-electron chi connectivity index (χ2n) is 5.21. The van der Waals surface area contributed by atoms with Crippen LogP contribution in [0.15, 0.2) is 24.3 Å². The van der Waals surface area contributed by atoms with Crippen molar-refractivity contribution in [2.75, 3.05) is 7.11 Å². The van der Waals surface area contributed by atoms with E-state index >= 15 is 0 Å². The molecule has 0 unspecified atom stereocenters. The van der Waals surface area contributed by atoms with Crippen molar-refractivity contribution in [3.8, 4) is 5.75 Å². The molecule has 2 heteroatoms. The van der Waals surface area contributed by atoms with Crippen molar-refractivity contribution in [1.29, 1.82) is 0 Å². The third kappa shape index (κ3) is 1.44. The predicted molar refractivity (Wildman–Crippen MR) is 64.5 cm³/mol. The van der Waals surface area contributed by atoms with Crippen LogP contribution in [0.5, 0.6) is 5.75 Å². The van der Waals surface area contributed by atoms with E-state index < -0.39 is 0 Å². The summed E-state index contributed by atoms with van der Waals surface area (Å²) in [4.78, 5) is 0. The fraction of sp³-hybridized carbons (Fsp3) is 0.571. The molecule has 4 atom stereocenters. The minimum atomic E-state index is 0.382. The van der Waals surface area contributed by atoms with Gasteiger partial charge in [-0.1, -0.05) is 12.1 Å². The zero-order valence-electron chi connectivity index (χ0n) is 9.73. The molecule has 2 aliphatic carbocycles. The summed E-state index contributed by atoms with van der Waals surface area (Å²) in [6.45, 7) is 0. The van der Waals surface area contributed by atoms with Gasteiger partial charge in [0.2, 0.25) is 0 Å². The van der Waals surface area contributed by atoms with Gasteiger partial charge in [-0.2, -0.15) is 0 Å². The highest BCUT2D eigenvalue weighted by atomic mass is 16.5. The lowest BCUT2D eigenvalue weighted by molar-refractivity contribution is 0.365. The molecule has 86 valence electrons. The van der Waals surface area contributed by atoms with Gasteiger partial charge in [0, 0.05) is 12.0 Å². The number of ether oxygens (including phenoxy) is 1. The Bertz CT molecular complexity index is 371. The summed E-state index contributed by atoms with van der Waals surface area (Å²) < 4.78 is 5.19. The Kier molecular flexibility index (Phi) is 2.40. The fourth-order valence-electron chi connectivity index (χ4n) is 3.66. The SMILES string of the molecule is COc1ccc([C@@H]2[C@H]3CC[C@@H](C3)[C@@H]2N)cc1. The van der Waals surface area contributed by atoms with Crippen LogP contribution in [0.25, 0.3) is 0 Å². The zero-order chi connectivity index (χ0) is 11.1. The first-order chi connectivity index (χ1) is 7.79. The normalized spacial score (nSPS) is 36.6. The van der Waals surface area contributed by atoms with Crippen molar-refractivity contribution < 1.29 is 4.74 Å². The number of hydrogen-bond donors (Lipinski definition) is 1. The molecular weight excluding hydrogens is 198 g/mol. The average molecular weight is 217 g/mol. The van der Waals surface area contributed by atoms with E-state index in [1.165, 1.54) is 24.8 Å². The van der Waals surface area contributed by atoms with Crippen LogP contribution in [-0.4, -0.2) is 13.2 Å². The van der Waals surface area contributed by atoms with Crippen molar-refractivity contribution in [2.24, 2.45) is 17.6 Å². The highest BCUT2D eigenvalue weighted by molar-refractivity contribution is 5.32.